The van der Waals surface area contributed by atoms with Gasteiger partial charge in [0, 0.05) is 0 Å². The Kier molecular flexibility index (Phi) is 3.56. The van der Waals surface area contributed by atoms with Gasteiger partial charge >= 0.3 is 5.97 Å². The third-order valence-electron chi connectivity index (χ3n) is 5.13. The van der Waals surface area contributed by atoms with Crippen LogP contribution in [0.4, 0.5) is 0 Å². The molecule has 16 heavy (non-hydrogen) atoms. The molecule has 0 saturated heterocycles. The Morgan fingerprint density at radius 2 is 1.75 bits per heavy atom. The molecule has 0 aromatic rings. The highest BCUT2D eigenvalue weighted by molar-refractivity contribution is 5.75. The standard InChI is InChI=1S/C14H24O2/c1-2-11-5-7-12(8-6-11)14(13(15)16)9-3-4-10-14/h11-12H,2-10H2,1H3,(H,15,16). The first-order valence-electron chi connectivity index (χ1n) is 6.92. The summed E-state index contributed by atoms with van der Waals surface area (Å²) in [4.78, 5) is 11.6. The lowest BCUT2D eigenvalue weighted by molar-refractivity contribution is -0.153. The van der Waals surface area contributed by atoms with E-state index in [1.165, 1.54) is 19.3 Å². The van der Waals surface area contributed by atoms with E-state index in [1.54, 1.807) is 0 Å². The Bertz CT molecular complexity index is 245. The monoisotopic (exact) mass is 224 g/mol. The summed E-state index contributed by atoms with van der Waals surface area (Å²) in [6.45, 7) is 2.26. The molecule has 2 saturated carbocycles. The van der Waals surface area contributed by atoms with E-state index in [9.17, 15) is 9.90 Å². The van der Waals surface area contributed by atoms with Gasteiger partial charge in [-0.1, -0.05) is 39.0 Å². The molecule has 0 atom stereocenters. The maximum Gasteiger partial charge on any atom is 0.309 e. The second-order valence-corrected chi connectivity index (χ2v) is 5.79. The topological polar surface area (TPSA) is 37.3 Å². The molecule has 0 heterocycles. The molecular weight excluding hydrogens is 200 g/mol. The summed E-state index contributed by atoms with van der Waals surface area (Å²) in [5.74, 6) is 0.823. The average Bonchev–Trinajstić information content (AvgIpc) is 2.79. The van der Waals surface area contributed by atoms with Crippen LogP contribution in [0.25, 0.3) is 0 Å². The smallest absolute Gasteiger partial charge is 0.309 e. The minimum atomic E-state index is -0.509. The molecule has 1 N–H and O–H groups in total. The molecule has 0 spiro atoms. The summed E-state index contributed by atoms with van der Waals surface area (Å²) in [6.07, 6.45) is 10.2. The Morgan fingerprint density at radius 1 is 1.19 bits per heavy atom. The van der Waals surface area contributed by atoms with Gasteiger partial charge in [-0.3, -0.25) is 4.79 Å². The summed E-state index contributed by atoms with van der Waals surface area (Å²) >= 11 is 0. The SMILES string of the molecule is CCC1CCC(C2(C(=O)O)CCCC2)CC1. The van der Waals surface area contributed by atoms with E-state index >= 15 is 0 Å². The normalized spacial score (nSPS) is 33.8. The van der Waals surface area contributed by atoms with Gasteiger partial charge in [-0.15, -0.1) is 0 Å². The summed E-state index contributed by atoms with van der Waals surface area (Å²) in [5.41, 5.74) is -0.335. The fraction of sp³-hybridized carbons (Fsp3) is 0.929. The number of hydrogen-bond acceptors (Lipinski definition) is 1. The molecule has 2 heteroatoms. The van der Waals surface area contributed by atoms with E-state index in [1.807, 2.05) is 0 Å². The van der Waals surface area contributed by atoms with Crippen LogP contribution in [-0.4, -0.2) is 11.1 Å². The molecule has 2 fully saturated rings. The van der Waals surface area contributed by atoms with Gasteiger partial charge in [-0.2, -0.15) is 0 Å². The first kappa shape index (κ1) is 11.9. The predicted molar refractivity (Wildman–Crippen MR) is 64.3 cm³/mol. The minimum absolute atomic E-state index is 0.335. The predicted octanol–water partition coefficient (Wildman–Crippen LogP) is 3.85. The zero-order valence-electron chi connectivity index (χ0n) is 10.4. The quantitative estimate of drug-likeness (QED) is 0.790. The molecule has 0 amide bonds. The van der Waals surface area contributed by atoms with Crippen molar-refractivity contribution < 1.29 is 9.90 Å². The zero-order valence-corrected chi connectivity index (χ0v) is 10.4. The van der Waals surface area contributed by atoms with Crippen molar-refractivity contribution in [2.45, 2.75) is 64.7 Å². The molecule has 0 aliphatic heterocycles. The number of carboxylic acid groups (broad SMARTS) is 1. The number of hydrogen-bond donors (Lipinski definition) is 1. The lowest BCUT2D eigenvalue weighted by Crippen LogP contribution is -2.38. The van der Waals surface area contributed by atoms with Crippen molar-refractivity contribution in [2.24, 2.45) is 17.3 Å². The van der Waals surface area contributed by atoms with Crippen LogP contribution < -0.4 is 0 Å². The van der Waals surface area contributed by atoms with Crippen molar-refractivity contribution in [2.75, 3.05) is 0 Å². The molecule has 0 bridgehead atoms. The second kappa shape index (κ2) is 4.77. The van der Waals surface area contributed by atoms with Crippen molar-refractivity contribution in [3.8, 4) is 0 Å². The highest BCUT2D eigenvalue weighted by Gasteiger charge is 2.48. The Labute approximate surface area is 98.4 Å². The number of carbonyl (C=O) groups is 1. The van der Waals surface area contributed by atoms with Gasteiger partial charge < -0.3 is 5.11 Å². The van der Waals surface area contributed by atoms with Gasteiger partial charge in [-0.05, 0) is 37.5 Å². The summed E-state index contributed by atoms with van der Waals surface area (Å²) < 4.78 is 0. The van der Waals surface area contributed by atoms with Crippen LogP contribution in [0.15, 0.2) is 0 Å². The average molecular weight is 224 g/mol. The molecular formula is C14H24O2. The van der Waals surface area contributed by atoms with Crippen molar-refractivity contribution in [1.29, 1.82) is 0 Å². The Balaban J connectivity index is 2.03. The van der Waals surface area contributed by atoms with Gasteiger partial charge in [0.15, 0.2) is 0 Å². The van der Waals surface area contributed by atoms with Crippen LogP contribution in [-0.2, 0) is 4.79 Å². The van der Waals surface area contributed by atoms with E-state index in [0.29, 0.717) is 5.92 Å². The maximum atomic E-state index is 11.6. The molecule has 0 unspecified atom stereocenters. The molecule has 2 rings (SSSR count). The summed E-state index contributed by atoms with van der Waals surface area (Å²) in [6, 6.07) is 0. The van der Waals surface area contributed by atoms with E-state index in [2.05, 4.69) is 6.92 Å². The third kappa shape index (κ3) is 1.99. The highest BCUT2D eigenvalue weighted by Crippen LogP contribution is 2.50. The van der Waals surface area contributed by atoms with Gasteiger partial charge in [0.05, 0.1) is 5.41 Å². The van der Waals surface area contributed by atoms with Crippen molar-refractivity contribution in [3.63, 3.8) is 0 Å². The Morgan fingerprint density at radius 3 is 2.19 bits per heavy atom. The minimum Gasteiger partial charge on any atom is -0.481 e. The van der Waals surface area contributed by atoms with Gasteiger partial charge in [0.2, 0.25) is 0 Å². The lowest BCUT2D eigenvalue weighted by atomic mass is 9.65. The van der Waals surface area contributed by atoms with Crippen LogP contribution in [0, 0.1) is 17.3 Å². The fourth-order valence-corrected chi connectivity index (χ4v) is 3.93. The first-order valence-corrected chi connectivity index (χ1v) is 6.92. The van der Waals surface area contributed by atoms with Gasteiger partial charge in [0.1, 0.15) is 0 Å². The van der Waals surface area contributed by atoms with Crippen LogP contribution >= 0.6 is 0 Å². The molecule has 2 aliphatic rings. The van der Waals surface area contributed by atoms with E-state index < -0.39 is 5.97 Å². The number of carboxylic acids is 1. The lowest BCUT2D eigenvalue weighted by Gasteiger charge is -2.38. The first-order chi connectivity index (χ1) is 7.69. The van der Waals surface area contributed by atoms with E-state index in [4.69, 9.17) is 0 Å². The van der Waals surface area contributed by atoms with E-state index in [0.717, 1.165) is 44.4 Å². The molecule has 0 radical (unpaired) electrons. The number of aliphatic carboxylic acids is 1. The summed E-state index contributed by atoms with van der Waals surface area (Å²) in [5, 5.41) is 9.54. The van der Waals surface area contributed by atoms with Crippen LogP contribution in [0.1, 0.15) is 64.7 Å². The largest absolute Gasteiger partial charge is 0.481 e. The Hall–Kier alpha value is -0.530. The van der Waals surface area contributed by atoms with Gasteiger partial charge in [-0.25, -0.2) is 0 Å². The summed E-state index contributed by atoms with van der Waals surface area (Å²) in [7, 11) is 0. The van der Waals surface area contributed by atoms with Gasteiger partial charge in [0.25, 0.3) is 0 Å². The van der Waals surface area contributed by atoms with Crippen LogP contribution in [0.3, 0.4) is 0 Å². The zero-order chi connectivity index (χ0) is 11.6. The van der Waals surface area contributed by atoms with E-state index in [-0.39, 0.29) is 5.41 Å². The van der Waals surface area contributed by atoms with Crippen molar-refractivity contribution in [1.82, 2.24) is 0 Å². The van der Waals surface area contributed by atoms with Crippen molar-refractivity contribution >= 4 is 5.97 Å². The third-order valence-corrected chi connectivity index (χ3v) is 5.13. The molecule has 2 nitrogen and oxygen atoms in total. The fourth-order valence-electron chi connectivity index (χ4n) is 3.93. The van der Waals surface area contributed by atoms with Crippen LogP contribution in [0.5, 0.6) is 0 Å². The molecule has 92 valence electrons. The molecule has 2 aliphatic carbocycles. The maximum absolute atomic E-state index is 11.6. The van der Waals surface area contributed by atoms with Crippen molar-refractivity contribution in [3.05, 3.63) is 0 Å². The molecule has 0 aromatic heterocycles. The van der Waals surface area contributed by atoms with Crippen LogP contribution in [0.2, 0.25) is 0 Å². The second-order valence-electron chi connectivity index (χ2n) is 5.79. The molecule has 0 aromatic carbocycles. The highest BCUT2D eigenvalue weighted by atomic mass is 16.4. The number of rotatable bonds is 3.